The largest absolute Gasteiger partial charge is 0.470 e. The van der Waals surface area contributed by atoms with Crippen molar-refractivity contribution in [1.29, 1.82) is 0 Å². The van der Waals surface area contributed by atoms with Gasteiger partial charge in [0.15, 0.2) is 12.8 Å². The molecule has 2 aromatic heterocycles. The number of carbonyl (C=O) groups is 1. The fourth-order valence-corrected chi connectivity index (χ4v) is 2.23. The Hall–Kier alpha value is -2.71. The Kier molecular flexibility index (Phi) is 6.41. The molecule has 0 unspecified atom stereocenters. The number of amides is 1. The number of alkyl halides is 9. The van der Waals surface area contributed by atoms with Crippen LogP contribution in [0.25, 0.3) is 0 Å². The molecule has 16 heteroatoms. The van der Waals surface area contributed by atoms with E-state index in [-0.39, 0.29) is 5.56 Å². The summed E-state index contributed by atoms with van der Waals surface area (Å²) >= 11 is 5.65. The maximum Gasteiger partial charge on any atom is 0.460 e. The first kappa shape index (κ1) is 24.6. The summed E-state index contributed by atoms with van der Waals surface area (Å²) in [7, 11) is 1.65. The summed E-state index contributed by atoms with van der Waals surface area (Å²) in [5.41, 5.74) is 2.10. The van der Waals surface area contributed by atoms with Crippen molar-refractivity contribution in [2.75, 3.05) is 12.0 Å². The van der Waals surface area contributed by atoms with Crippen LogP contribution in [0.4, 0.5) is 39.5 Å². The molecule has 0 saturated heterocycles. The Morgan fingerprint density at radius 2 is 1.77 bits per heavy atom. The number of halogens is 10. The minimum Gasteiger partial charge on any atom is -0.470 e. The van der Waals surface area contributed by atoms with Crippen molar-refractivity contribution in [2.45, 2.75) is 23.9 Å². The molecule has 2 rings (SSSR count). The van der Waals surface area contributed by atoms with Gasteiger partial charge in [-0.3, -0.25) is 4.79 Å². The molecular weight excluding hydrogens is 475 g/mol. The molecule has 172 valence electrons. The molecule has 31 heavy (non-hydrogen) atoms. The van der Waals surface area contributed by atoms with Gasteiger partial charge in [-0.15, -0.1) is 4.68 Å². The van der Waals surface area contributed by atoms with E-state index in [1.165, 1.54) is 17.2 Å². The summed E-state index contributed by atoms with van der Waals surface area (Å²) in [4.78, 5) is 15.4. The zero-order valence-corrected chi connectivity index (χ0v) is 15.8. The van der Waals surface area contributed by atoms with Crippen LogP contribution in [0.15, 0.2) is 31.0 Å². The Balaban J connectivity index is 2.13. The highest BCUT2D eigenvalue weighted by Crippen LogP contribution is 2.53. The highest BCUT2D eigenvalue weighted by atomic mass is 35.5. The first-order chi connectivity index (χ1) is 14.0. The van der Waals surface area contributed by atoms with Gasteiger partial charge in [0.25, 0.3) is 12.2 Å². The van der Waals surface area contributed by atoms with E-state index in [9.17, 15) is 44.3 Å². The van der Waals surface area contributed by atoms with E-state index in [0.717, 1.165) is 12.3 Å². The maximum atomic E-state index is 13.5. The Morgan fingerprint density at radius 1 is 1.16 bits per heavy atom. The van der Waals surface area contributed by atoms with Crippen molar-refractivity contribution in [3.8, 4) is 5.88 Å². The van der Waals surface area contributed by atoms with E-state index >= 15 is 0 Å². The second-order valence-electron chi connectivity index (χ2n) is 6.08. The number of hydrogen-bond acceptors (Lipinski definition) is 3. The number of rotatable bonds is 7. The number of aryl methyl sites for hydroxylation is 1. The average Bonchev–Trinajstić information content (AvgIpc) is 3.04. The van der Waals surface area contributed by atoms with Gasteiger partial charge in [-0.2, -0.15) is 44.9 Å². The lowest BCUT2D eigenvalue weighted by atomic mass is 10.0. The van der Waals surface area contributed by atoms with Gasteiger partial charge in [-0.1, -0.05) is 11.6 Å². The van der Waals surface area contributed by atoms with Crippen molar-refractivity contribution in [3.63, 3.8) is 0 Å². The summed E-state index contributed by atoms with van der Waals surface area (Å²) in [5, 5.41) is -0.674. The smallest absolute Gasteiger partial charge is 0.460 e. The summed E-state index contributed by atoms with van der Waals surface area (Å²) in [6.07, 6.45) is -1.75. The molecule has 2 heterocycles. The van der Waals surface area contributed by atoms with E-state index < -0.39 is 47.4 Å². The number of carbonyl (C=O) groups excluding carboxylic acids is 1. The predicted molar refractivity (Wildman–Crippen MR) is 84.9 cm³/mol. The predicted octanol–water partition coefficient (Wildman–Crippen LogP) is 3.59. The van der Waals surface area contributed by atoms with Crippen LogP contribution in [0.5, 0.6) is 5.88 Å². The molecule has 0 saturated carbocycles. The van der Waals surface area contributed by atoms with Crippen LogP contribution in [-0.4, -0.2) is 46.1 Å². The molecule has 0 radical (unpaired) electrons. The Labute approximate surface area is 172 Å². The number of aromatic nitrogens is 3. The van der Waals surface area contributed by atoms with Crippen molar-refractivity contribution < 1.29 is 53.6 Å². The van der Waals surface area contributed by atoms with Gasteiger partial charge in [0.05, 0.1) is 12.6 Å². The molecular formula is C15H11ClF9N4O2+. The summed E-state index contributed by atoms with van der Waals surface area (Å²) in [6, 6.07) is 0.823. The zero-order valence-electron chi connectivity index (χ0n) is 15.0. The van der Waals surface area contributed by atoms with E-state index in [0.29, 0.717) is 0 Å². The van der Waals surface area contributed by atoms with Gasteiger partial charge in [0, 0.05) is 6.20 Å². The lowest BCUT2D eigenvalue weighted by Crippen LogP contribution is -2.62. The molecule has 0 aromatic carbocycles. The fourth-order valence-electron chi connectivity index (χ4n) is 2.01. The first-order valence-corrected chi connectivity index (χ1v) is 8.20. The number of ether oxygens (including phenoxy) is 1. The Bertz CT molecular complexity index is 962. The van der Waals surface area contributed by atoms with Gasteiger partial charge in [-0.05, 0) is 6.07 Å². The summed E-state index contributed by atoms with van der Waals surface area (Å²) in [6.45, 7) is -2.61. The van der Waals surface area contributed by atoms with Crippen LogP contribution < -0.4 is 14.7 Å². The molecule has 0 bridgehead atoms. The lowest BCUT2D eigenvalue weighted by molar-refractivity contribution is -0.670. The van der Waals surface area contributed by atoms with Crippen molar-refractivity contribution in [3.05, 3.63) is 41.6 Å². The van der Waals surface area contributed by atoms with Gasteiger partial charge < -0.3 is 4.74 Å². The third-order valence-corrected chi connectivity index (χ3v) is 3.94. The minimum absolute atomic E-state index is 0.241. The van der Waals surface area contributed by atoms with E-state index in [4.69, 9.17) is 11.6 Å². The zero-order chi connectivity index (χ0) is 23.8. The molecule has 0 spiro atoms. The molecule has 0 aliphatic rings. The van der Waals surface area contributed by atoms with Crippen LogP contribution in [-0.2, 0) is 7.05 Å². The highest BCUT2D eigenvalue weighted by molar-refractivity contribution is 6.32. The van der Waals surface area contributed by atoms with Crippen LogP contribution in [0.1, 0.15) is 10.4 Å². The van der Waals surface area contributed by atoms with Crippen LogP contribution in [0.3, 0.4) is 0 Å². The average molecular weight is 486 g/mol. The monoisotopic (exact) mass is 485 g/mol. The molecule has 2 aromatic rings. The summed E-state index contributed by atoms with van der Waals surface area (Å²) < 4.78 is 122. The van der Waals surface area contributed by atoms with Crippen molar-refractivity contribution in [2.24, 2.45) is 7.05 Å². The van der Waals surface area contributed by atoms with Gasteiger partial charge in [-0.25, -0.2) is 9.55 Å². The molecule has 6 nitrogen and oxygen atoms in total. The van der Waals surface area contributed by atoms with E-state index in [2.05, 4.69) is 15.1 Å². The van der Waals surface area contributed by atoms with Crippen LogP contribution in [0, 0.1) is 0 Å². The van der Waals surface area contributed by atoms with Gasteiger partial charge in [0.1, 0.15) is 11.2 Å². The molecule has 0 atom stereocenters. The fraction of sp³-hybridized carbons (Fsp3) is 0.400. The SMILES string of the molecule is C[n+]1ccn(NC(=O)c2cnc(OCC(F)(F)C(F)(F)C(F)(F)C(F)(F)F)c(Cl)c2)c1. The molecule has 0 aliphatic carbocycles. The number of nitrogens with one attached hydrogen (secondary N) is 1. The number of pyridine rings is 1. The number of hydrogen-bond donors (Lipinski definition) is 1. The van der Waals surface area contributed by atoms with E-state index in [1.54, 1.807) is 17.8 Å². The third kappa shape index (κ3) is 4.80. The maximum absolute atomic E-state index is 13.5. The van der Waals surface area contributed by atoms with Crippen LogP contribution >= 0.6 is 11.6 Å². The number of nitrogens with zero attached hydrogens (tertiary/aromatic N) is 3. The normalized spacial score (nSPS) is 13.3. The quantitative estimate of drug-likeness (QED) is 0.482. The topological polar surface area (TPSA) is 60.0 Å². The van der Waals surface area contributed by atoms with Crippen molar-refractivity contribution in [1.82, 2.24) is 9.66 Å². The molecule has 1 amide bonds. The van der Waals surface area contributed by atoms with Gasteiger partial charge >= 0.3 is 23.9 Å². The van der Waals surface area contributed by atoms with Crippen molar-refractivity contribution >= 4 is 17.5 Å². The second-order valence-corrected chi connectivity index (χ2v) is 6.49. The standard InChI is InChI=1S/C15H10ClF9N4O2/c1-28-2-3-29(7-28)27-10(30)8-4-9(16)11(26-5-8)31-6-12(17,18)13(19,20)14(21,22)15(23,24)25/h2-5,7H,6H2,1H3/p+1. The molecule has 0 aliphatic heterocycles. The lowest BCUT2D eigenvalue weighted by Gasteiger charge is -2.33. The third-order valence-electron chi connectivity index (χ3n) is 3.67. The minimum atomic E-state index is -7.04. The number of imidazole rings is 1. The summed E-state index contributed by atoms with van der Waals surface area (Å²) in [5.74, 6) is -21.6. The molecule has 0 fully saturated rings. The Morgan fingerprint density at radius 3 is 2.26 bits per heavy atom. The molecule has 1 N–H and O–H groups in total. The first-order valence-electron chi connectivity index (χ1n) is 7.83. The van der Waals surface area contributed by atoms with Gasteiger partial charge in [0.2, 0.25) is 5.88 Å². The van der Waals surface area contributed by atoms with E-state index in [1.807, 2.05) is 0 Å². The highest BCUT2D eigenvalue weighted by Gasteiger charge is 2.81. The second kappa shape index (κ2) is 8.09. The van der Waals surface area contributed by atoms with Crippen LogP contribution in [0.2, 0.25) is 5.02 Å².